The lowest BCUT2D eigenvalue weighted by Crippen LogP contribution is -1.75. The molecule has 0 saturated heterocycles. The normalized spacial score (nSPS) is 10.9. The summed E-state index contributed by atoms with van der Waals surface area (Å²) in [6.45, 7) is 4.10. The van der Waals surface area contributed by atoms with Crippen LogP contribution in [0.2, 0.25) is 0 Å². The fourth-order valence-corrected chi connectivity index (χ4v) is 3.28. The second-order valence-corrected chi connectivity index (χ2v) is 5.61. The molecular weight excluding hydrogens is 252 g/mol. The van der Waals surface area contributed by atoms with Crippen molar-refractivity contribution in [3.8, 4) is 21.5 Å². The van der Waals surface area contributed by atoms with Crippen molar-refractivity contribution in [1.29, 1.82) is 0 Å². The van der Waals surface area contributed by atoms with E-state index in [1.54, 1.807) is 22.7 Å². The van der Waals surface area contributed by atoms with Crippen molar-refractivity contribution in [2.75, 3.05) is 0 Å². The Morgan fingerprint density at radius 2 is 1.35 bits per heavy atom. The van der Waals surface area contributed by atoms with Crippen LogP contribution in [-0.4, -0.2) is 10.2 Å². The van der Waals surface area contributed by atoms with Crippen molar-refractivity contribution in [1.82, 2.24) is 10.2 Å². The number of thiophene rings is 2. The molecule has 3 aromatic heterocycles. The minimum atomic E-state index is 0.611. The molecule has 3 nitrogen and oxygen atoms in total. The van der Waals surface area contributed by atoms with Crippen LogP contribution in [0.25, 0.3) is 21.5 Å². The van der Waals surface area contributed by atoms with E-state index in [0.29, 0.717) is 11.8 Å². The Balaban J connectivity index is 2.05. The van der Waals surface area contributed by atoms with Gasteiger partial charge in [-0.3, -0.25) is 0 Å². The Labute approximate surface area is 107 Å². The van der Waals surface area contributed by atoms with Crippen molar-refractivity contribution in [3.05, 3.63) is 34.0 Å². The van der Waals surface area contributed by atoms with Gasteiger partial charge in [-0.05, 0) is 47.9 Å². The van der Waals surface area contributed by atoms with E-state index >= 15 is 0 Å². The van der Waals surface area contributed by atoms with Crippen molar-refractivity contribution >= 4 is 22.7 Å². The van der Waals surface area contributed by atoms with Gasteiger partial charge in [-0.2, -0.15) is 0 Å². The van der Waals surface area contributed by atoms with Gasteiger partial charge in [0.15, 0.2) is 0 Å². The maximum Gasteiger partial charge on any atom is 0.258 e. The molecule has 5 heteroatoms. The van der Waals surface area contributed by atoms with E-state index in [1.165, 1.54) is 11.1 Å². The smallest absolute Gasteiger partial charge is 0.258 e. The van der Waals surface area contributed by atoms with Crippen LogP contribution >= 0.6 is 22.7 Å². The maximum absolute atomic E-state index is 5.73. The summed E-state index contributed by atoms with van der Waals surface area (Å²) < 4.78 is 5.73. The highest BCUT2D eigenvalue weighted by molar-refractivity contribution is 7.14. The molecule has 0 bridgehead atoms. The summed E-state index contributed by atoms with van der Waals surface area (Å²) in [7, 11) is 0. The molecule has 0 atom stereocenters. The van der Waals surface area contributed by atoms with E-state index in [4.69, 9.17) is 4.42 Å². The van der Waals surface area contributed by atoms with Gasteiger partial charge < -0.3 is 4.42 Å². The predicted octanol–water partition coefficient (Wildman–Crippen LogP) is 4.14. The molecule has 0 aliphatic rings. The van der Waals surface area contributed by atoms with Crippen LogP contribution in [0.3, 0.4) is 0 Å². The summed E-state index contributed by atoms with van der Waals surface area (Å²) in [5.74, 6) is 1.22. The summed E-state index contributed by atoms with van der Waals surface area (Å²) >= 11 is 3.25. The first kappa shape index (κ1) is 10.7. The lowest BCUT2D eigenvalue weighted by Gasteiger charge is -1.92. The molecule has 3 aromatic rings. The third-order valence-corrected chi connectivity index (χ3v) is 4.55. The van der Waals surface area contributed by atoms with Gasteiger partial charge in [-0.25, -0.2) is 0 Å². The number of aromatic nitrogens is 2. The molecule has 0 unspecified atom stereocenters. The highest BCUT2D eigenvalue weighted by Crippen LogP contribution is 2.33. The molecule has 86 valence electrons. The zero-order valence-corrected chi connectivity index (χ0v) is 11.1. The first-order valence-electron chi connectivity index (χ1n) is 5.18. The Hall–Kier alpha value is -1.46. The SMILES string of the molecule is Cc1ccsc1-c1nnc(-c2sccc2C)o1. The molecule has 0 aromatic carbocycles. The quantitative estimate of drug-likeness (QED) is 0.696. The van der Waals surface area contributed by atoms with Gasteiger partial charge in [-0.15, -0.1) is 32.9 Å². The number of rotatable bonds is 2. The van der Waals surface area contributed by atoms with E-state index in [2.05, 4.69) is 22.3 Å². The van der Waals surface area contributed by atoms with Crippen LogP contribution in [0.1, 0.15) is 11.1 Å². The molecule has 3 heterocycles. The lowest BCUT2D eigenvalue weighted by atomic mass is 10.3. The summed E-state index contributed by atoms with van der Waals surface area (Å²) in [6, 6.07) is 4.11. The second kappa shape index (κ2) is 4.09. The zero-order chi connectivity index (χ0) is 11.8. The standard InChI is InChI=1S/C12H10N2OS2/c1-7-3-5-16-9(7)11-13-14-12(15-11)10-8(2)4-6-17-10/h3-6H,1-2H3. The average molecular weight is 262 g/mol. The predicted molar refractivity (Wildman–Crippen MR) is 70.4 cm³/mol. The molecule has 0 fully saturated rings. The Bertz CT molecular complexity index is 596. The van der Waals surface area contributed by atoms with Crippen molar-refractivity contribution in [2.24, 2.45) is 0 Å². The number of hydrogen-bond donors (Lipinski definition) is 0. The van der Waals surface area contributed by atoms with Gasteiger partial charge in [0, 0.05) is 0 Å². The van der Waals surface area contributed by atoms with Gasteiger partial charge in [0.2, 0.25) is 0 Å². The molecule has 0 aliphatic carbocycles. The maximum atomic E-state index is 5.73. The first-order valence-corrected chi connectivity index (χ1v) is 6.94. The topological polar surface area (TPSA) is 38.9 Å². The number of hydrogen-bond acceptors (Lipinski definition) is 5. The Morgan fingerprint density at radius 3 is 1.71 bits per heavy atom. The van der Waals surface area contributed by atoms with E-state index in [0.717, 1.165) is 9.75 Å². The van der Waals surface area contributed by atoms with Gasteiger partial charge in [0.25, 0.3) is 11.8 Å². The fourth-order valence-electron chi connectivity index (χ4n) is 1.59. The van der Waals surface area contributed by atoms with Crippen LogP contribution in [-0.2, 0) is 0 Å². The third-order valence-electron chi connectivity index (χ3n) is 2.54. The summed E-state index contributed by atoms with van der Waals surface area (Å²) in [5, 5.41) is 12.3. The van der Waals surface area contributed by atoms with Crippen LogP contribution in [0, 0.1) is 13.8 Å². The number of nitrogens with zero attached hydrogens (tertiary/aromatic N) is 2. The number of aryl methyl sites for hydroxylation is 2. The van der Waals surface area contributed by atoms with Gasteiger partial charge in [0.1, 0.15) is 0 Å². The highest BCUT2D eigenvalue weighted by atomic mass is 32.1. The monoisotopic (exact) mass is 262 g/mol. The highest BCUT2D eigenvalue weighted by Gasteiger charge is 2.15. The van der Waals surface area contributed by atoms with Crippen molar-refractivity contribution < 1.29 is 4.42 Å². The van der Waals surface area contributed by atoms with Crippen molar-refractivity contribution in [2.45, 2.75) is 13.8 Å². The minimum Gasteiger partial charge on any atom is -0.414 e. The van der Waals surface area contributed by atoms with E-state index in [1.807, 2.05) is 24.6 Å². The third kappa shape index (κ3) is 1.81. The van der Waals surface area contributed by atoms with E-state index in [-0.39, 0.29) is 0 Å². The molecule has 17 heavy (non-hydrogen) atoms. The first-order chi connectivity index (χ1) is 8.25. The molecule has 0 radical (unpaired) electrons. The average Bonchev–Trinajstić information content (AvgIpc) is 2.97. The van der Waals surface area contributed by atoms with E-state index < -0.39 is 0 Å². The van der Waals surface area contributed by atoms with Gasteiger partial charge in [0.05, 0.1) is 9.75 Å². The lowest BCUT2D eigenvalue weighted by molar-refractivity contribution is 0.587. The summed E-state index contributed by atoms with van der Waals surface area (Å²) in [4.78, 5) is 2.11. The summed E-state index contributed by atoms with van der Waals surface area (Å²) in [5.41, 5.74) is 2.35. The molecule has 3 rings (SSSR count). The largest absolute Gasteiger partial charge is 0.414 e. The fraction of sp³-hybridized carbons (Fsp3) is 0.167. The van der Waals surface area contributed by atoms with Crippen LogP contribution in [0.15, 0.2) is 27.3 Å². The summed E-state index contributed by atoms with van der Waals surface area (Å²) in [6.07, 6.45) is 0. The molecule has 0 spiro atoms. The Morgan fingerprint density at radius 1 is 0.882 bits per heavy atom. The van der Waals surface area contributed by atoms with Gasteiger partial charge >= 0.3 is 0 Å². The molecule has 0 N–H and O–H groups in total. The van der Waals surface area contributed by atoms with Crippen LogP contribution < -0.4 is 0 Å². The van der Waals surface area contributed by atoms with Crippen molar-refractivity contribution in [3.63, 3.8) is 0 Å². The zero-order valence-electron chi connectivity index (χ0n) is 9.43. The van der Waals surface area contributed by atoms with Crippen LogP contribution in [0.5, 0.6) is 0 Å². The van der Waals surface area contributed by atoms with Crippen LogP contribution in [0.4, 0.5) is 0 Å². The van der Waals surface area contributed by atoms with Gasteiger partial charge in [-0.1, -0.05) is 0 Å². The second-order valence-electron chi connectivity index (χ2n) is 3.78. The minimum absolute atomic E-state index is 0.611. The molecule has 0 saturated carbocycles. The molecule has 0 amide bonds. The molecule has 0 aliphatic heterocycles. The Kier molecular flexibility index (Phi) is 2.57. The van der Waals surface area contributed by atoms with E-state index in [9.17, 15) is 0 Å². The molecular formula is C12H10N2OS2.